The van der Waals surface area contributed by atoms with E-state index >= 15 is 0 Å². The second kappa shape index (κ2) is 36.6. The van der Waals surface area contributed by atoms with Gasteiger partial charge in [0.15, 0.2) is 0 Å². The number of aliphatic hydroxyl groups is 1. The van der Waals surface area contributed by atoms with Crippen LogP contribution in [0.25, 0.3) is 0 Å². The smallest absolute Gasteiger partial charge is 0.387 e. The first-order valence-electron chi connectivity index (χ1n) is 21.3. The fourth-order valence-electron chi connectivity index (χ4n) is 5.52. The van der Waals surface area contributed by atoms with Gasteiger partial charge in [-0.05, 0) is 70.6 Å². The summed E-state index contributed by atoms with van der Waals surface area (Å²) in [4.78, 5) is 23.1. The van der Waals surface area contributed by atoms with Crippen molar-refractivity contribution in [2.45, 2.75) is 167 Å². The molecule has 0 spiro atoms. The molecule has 0 bridgehead atoms. The number of hydrogen-bond donors (Lipinski definition) is 3. The highest BCUT2D eigenvalue weighted by molar-refractivity contribution is 7.47. The zero-order chi connectivity index (χ0) is 40.0. The lowest BCUT2D eigenvalue weighted by molar-refractivity contribution is -0.870. The number of carbonyl (C=O) groups is 1. The maximum atomic E-state index is 12.8. The van der Waals surface area contributed by atoms with Crippen LogP contribution in [0.1, 0.15) is 155 Å². The Hall–Kier alpha value is -2.06. The number of aliphatic hydroxyl groups excluding tert-OH is 1. The van der Waals surface area contributed by atoms with Gasteiger partial charge in [0.25, 0.3) is 0 Å². The number of nitrogens with one attached hydrogen (secondary N) is 1. The predicted molar refractivity (Wildman–Crippen MR) is 230 cm³/mol. The molecule has 0 aromatic carbocycles. The van der Waals surface area contributed by atoms with Gasteiger partial charge in [-0.2, -0.15) is 0 Å². The van der Waals surface area contributed by atoms with Crippen molar-refractivity contribution >= 4 is 13.7 Å². The molecule has 1 amide bonds. The Labute approximate surface area is 332 Å². The first-order chi connectivity index (χ1) is 26.0. The van der Waals surface area contributed by atoms with Gasteiger partial charge in [-0.3, -0.25) is 13.8 Å². The number of hydrogen-bond acceptors (Lipinski definition) is 5. The monoisotopic (exact) mass is 778 g/mol. The van der Waals surface area contributed by atoms with Crippen LogP contribution in [-0.4, -0.2) is 73.4 Å². The van der Waals surface area contributed by atoms with Crippen LogP contribution in [0.4, 0.5) is 0 Å². The van der Waals surface area contributed by atoms with Crippen molar-refractivity contribution in [3.63, 3.8) is 0 Å². The second-order valence-corrected chi connectivity index (χ2v) is 16.8. The minimum Gasteiger partial charge on any atom is -0.387 e. The van der Waals surface area contributed by atoms with E-state index in [2.05, 4.69) is 79.9 Å². The summed E-state index contributed by atoms with van der Waals surface area (Å²) < 4.78 is 23.5. The number of carbonyl (C=O) groups excluding carboxylic acids is 1. The summed E-state index contributed by atoms with van der Waals surface area (Å²) in [5, 5.41) is 13.8. The lowest BCUT2D eigenvalue weighted by Gasteiger charge is -2.25. The third-order valence-corrected chi connectivity index (χ3v) is 9.89. The molecule has 3 unspecified atom stereocenters. The van der Waals surface area contributed by atoms with Crippen LogP contribution >= 0.6 is 7.82 Å². The number of allylic oxidation sites excluding steroid dienone is 11. The lowest BCUT2D eigenvalue weighted by atomic mass is 10.1. The Balaban J connectivity index is 4.58. The summed E-state index contributed by atoms with van der Waals surface area (Å²) in [5.41, 5.74) is 0. The lowest BCUT2D eigenvalue weighted by Crippen LogP contribution is -2.45. The van der Waals surface area contributed by atoms with E-state index in [9.17, 15) is 19.4 Å². The summed E-state index contributed by atoms with van der Waals surface area (Å²) >= 11 is 0. The molecule has 312 valence electrons. The van der Waals surface area contributed by atoms with Gasteiger partial charge >= 0.3 is 7.82 Å². The number of phosphoric acid groups is 1. The summed E-state index contributed by atoms with van der Waals surface area (Å²) in [6.07, 6.45) is 48.3. The van der Waals surface area contributed by atoms with E-state index in [-0.39, 0.29) is 19.1 Å². The standard InChI is InChI=1S/C45H81N2O6P/c1-6-8-10-12-14-16-18-20-22-23-25-27-29-31-33-35-37-39-45(49)46-43(42-53-54(50,51)52-41-40-47(3,4)5)44(48)38-36-34-32-30-28-26-24-21-19-17-15-13-11-9-7-2/h8,10,14,16,20,22,25,27-28,30,36,38,43-44,48H,6-7,9,11-13,15,17-19,21,23-24,26,29,31-35,37,39-42H2,1-5H3,(H-,46,49,50,51)/p+1/b10-8-,16-14-,22-20-,27-25-,30-28+,38-36+. The minimum absolute atomic E-state index is 0.0473. The molecule has 0 aliphatic rings. The van der Waals surface area contributed by atoms with Crippen LogP contribution in [0, 0.1) is 0 Å². The van der Waals surface area contributed by atoms with Crippen LogP contribution < -0.4 is 5.32 Å². The van der Waals surface area contributed by atoms with E-state index in [0.717, 1.165) is 77.0 Å². The average Bonchev–Trinajstić information content (AvgIpc) is 3.12. The van der Waals surface area contributed by atoms with E-state index in [4.69, 9.17) is 9.05 Å². The number of amides is 1. The maximum Gasteiger partial charge on any atom is 0.472 e. The molecular weight excluding hydrogens is 695 g/mol. The van der Waals surface area contributed by atoms with Gasteiger partial charge in [0.1, 0.15) is 13.2 Å². The fraction of sp³-hybridized carbons (Fsp3) is 0.711. The van der Waals surface area contributed by atoms with Gasteiger partial charge in [0, 0.05) is 6.42 Å². The summed E-state index contributed by atoms with van der Waals surface area (Å²) in [6.45, 7) is 4.63. The first kappa shape index (κ1) is 51.9. The molecule has 3 atom stereocenters. The largest absolute Gasteiger partial charge is 0.472 e. The molecule has 0 heterocycles. The summed E-state index contributed by atoms with van der Waals surface area (Å²) in [6, 6.07) is -0.878. The molecule has 54 heavy (non-hydrogen) atoms. The second-order valence-electron chi connectivity index (χ2n) is 15.3. The van der Waals surface area contributed by atoms with Crippen LogP contribution in [-0.2, 0) is 18.4 Å². The maximum absolute atomic E-state index is 12.8. The van der Waals surface area contributed by atoms with E-state index in [1.807, 2.05) is 27.2 Å². The topological polar surface area (TPSA) is 105 Å². The van der Waals surface area contributed by atoms with Crippen molar-refractivity contribution in [2.24, 2.45) is 0 Å². The van der Waals surface area contributed by atoms with Crippen LogP contribution in [0.3, 0.4) is 0 Å². The number of rotatable bonds is 37. The van der Waals surface area contributed by atoms with Gasteiger partial charge in [-0.15, -0.1) is 0 Å². The van der Waals surface area contributed by atoms with Crippen molar-refractivity contribution in [1.82, 2.24) is 5.32 Å². The zero-order valence-electron chi connectivity index (χ0n) is 35.2. The molecule has 0 rings (SSSR count). The molecule has 0 aliphatic heterocycles. The van der Waals surface area contributed by atoms with E-state index in [1.54, 1.807) is 6.08 Å². The molecular formula is C45H82N2O6P+. The molecule has 0 aromatic heterocycles. The highest BCUT2D eigenvalue weighted by atomic mass is 31.2. The number of phosphoric ester groups is 1. The van der Waals surface area contributed by atoms with Crippen LogP contribution in [0.15, 0.2) is 72.9 Å². The zero-order valence-corrected chi connectivity index (χ0v) is 36.1. The molecule has 0 aromatic rings. The first-order valence-corrected chi connectivity index (χ1v) is 22.8. The van der Waals surface area contributed by atoms with Gasteiger partial charge in [-0.1, -0.05) is 151 Å². The number of likely N-dealkylation sites (N-methyl/N-ethyl adjacent to an activating group) is 1. The van der Waals surface area contributed by atoms with Crippen LogP contribution in [0.2, 0.25) is 0 Å². The predicted octanol–water partition coefficient (Wildman–Crippen LogP) is 11.6. The molecule has 9 heteroatoms. The van der Waals surface area contributed by atoms with Crippen molar-refractivity contribution in [2.75, 3.05) is 40.9 Å². The highest BCUT2D eigenvalue weighted by Crippen LogP contribution is 2.43. The van der Waals surface area contributed by atoms with Crippen molar-refractivity contribution in [1.29, 1.82) is 0 Å². The number of unbranched alkanes of at least 4 members (excludes halogenated alkanes) is 14. The summed E-state index contributed by atoms with van der Waals surface area (Å²) in [5.74, 6) is -0.215. The molecule has 0 saturated carbocycles. The Morgan fingerprint density at radius 1 is 0.648 bits per heavy atom. The molecule has 0 radical (unpaired) electrons. The van der Waals surface area contributed by atoms with Gasteiger partial charge in [0.2, 0.25) is 5.91 Å². The normalized spacial score (nSPS) is 15.2. The Morgan fingerprint density at radius 2 is 1.13 bits per heavy atom. The Morgan fingerprint density at radius 3 is 1.70 bits per heavy atom. The fourth-order valence-corrected chi connectivity index (χ4v) is 6.25. The van der Waals surface area contributed by atoms with E-state index in [0.29, 0.717) is 17.4 Å². The van der Waals surface area contributed by atoms with Gasteiger partial charge in [-0.25, -0.2) is 4.57 Å². The molecule has 0 saturated heterocycles. The SMILES string of the molecule is CC/C=C\C/C=C\C/C=C\C/C=C\CCCCCCC(=O)NC(COP(=O)(O)OCC[N+](C)(C)C)C(O)/C=C/CC/C=C/CCCCCCCCCCC. The molecule has 0 aliphatic carbocycles. The Kier molecular flexibility index (Phi) is 35.2. The van der Waals surface area contributed by atoms with Crippen molar-refractivity contribution in [3.05, 3.63) is 72.9 Å². The third-order valence-electron chi connectivity index (χ3n) is 8.91. The quantitative estimate of drug-likeness (QED) is 0.0251. The highest BCUT2D eigenvalue weighted by Gasteiger charge is 2.27. The number of quaternary nitrogens is 1. The van der Waals surface area contributed by atoms with E-state index < -0.39 is 20.0 Å². The van der Waals surface area contributed by atoms with Gasteiger partial charge in [0.05, 0.1) is 39.9 Å². The Bertz CT molecular complexity index is 1110. The average molecular weight is 778 g/mol. The molecule has 0 fully saturated rings. The number of nitrogens with zero attached hydrogens (tertiary/aromatic N) is 1. The summed E-state index contributed by atoms with van der Waals surface area (Å²) in [7, 11) is 1.52. The molecule has 8 nitrogen and oxygen atoms in total. The van der Waals surface area contributed by atoms with Gasteiger partial charge < -0.3 is 19.8 Å². The van der Waals surface area contributed by atoms with E-state index in [1.165, 1.54) is 57.8 Å². The third kappa shape index (κ3) is 38.2. The minimum atomic E-state index is -4.35. The van der Waals surface area contributed by atoms with Crippen molar-refractivity contribution < 1.29 is 32.9 Å². The van der Waals surface area contributed by atoms with Crippen molar-refractivity contribution in [3.8, 4) is 0 Å². The van der Waals surface area contributed by atoms with Crippen LogP contribution in [0.5, 0.6) is 0 Å². The molecule has 3 N–H and O–H groups in total.